The molecule has 1 heterocycles. The molecule has 33 heavy (non-hydrogen) atoms. The fourth-order valence-corrected chi connectivity index (χ4v) is 9.29. The summed E-state index contributed by atoms with van der Waals surface area (Å²) in [6.07, 6.45) is 8.34. The van der Waals surface area contributed by atoms with Crippen molar-refractivity contribution in [3.05, 3.63) is 18.2 Å². The molecule has 2 unspecified atom stereocenters. The number of piperidine rings is 1. The molecule has 4 bridgehead atoms. The van der Waals surface area contributed by atoms with Crippen LogP contribution in [-0.4, -0.2) is 42.7 Å². The van der Waals surface area contributed by atoms with Crippen LogP contribution in [0.3, 0.4) is 0 Å². The minimum Gasteiger partial charge on any atom is -0.489 e. The summed E-state index contributed by atoms with van der Waals surface area (Å²) in [5.41, 5.74) is -0.0333. The van der Waals surface area contributed by atoms with E-state index in [0.717, 1.165) is 44.9 Å². The second-order valence-electron chi connectivity index (χ2n) is 11.1. The van der Waals surface area contributed by atoms with E-state index < -0.39 is 15.4 Å². The number of amides is 1. The summed E-state index contributed by atoms with van der Waals surface area (Å²) in [5, 5.41) is 3.10. The Labute approximate surface area is 202 Å². The smallest absolute Gasteiger partial charge is 0.243 e. The third-order valence-corrected chi connectivity index (χ3v) is 10.3. The number of hydrogen-bond donors (Lipinski definition) is 1. The fraction of sp³-hybridized carbons (Fsp3) is 0.720. The maximum atomic E-state index is 13.7. The molecule has 0 aromatic heterocycles. The van der Waals surface area contributed by atoms with E-state index >= 15 is 0 Å². The molecular formula is C25H35ClN2O4S. The van der Waals surface area contributed by atoms with Gasteiger partial charge in [0, 0.05) is 18.0 Å². The number of carbonyl (C=O) groups is 1. The number of alkyl halides is 1. The lowest BCUT2D eigenvalue weighted by atomic mass is 9.49. The van der Waals surface area contributed by atoms with Gasteiger partial charge in [0.2, 0.25) is 15.9 Å². The minimum absolute atomic E-state index is 0.0391. The topological polar surface area (TPSA) is 75.7 Å². The number of halogens is 1. The molecule has 1 aromatic carbocycles. The van der Waals surface area contributed by atoms with Crippen LogP contribution >= 0.6 is 11.6 Å². The number of nitrogens with zero attached hydrogens (tertiary/aromatic N) is 1. The van der Waals surface area contributed by atoms with Crippen molar-refractivity contribution >= 4 is 33.2 Å². The van der Waals surface area contributed by atoms with Gasteiger partial charge in [-0.2, -0.15) is 4.31 Å². The number of carbonyl (C=O) groups excluding carboxylic acids is 1. The van der Waals surface area contributed by atoms with E-state index in [4.69, 9.17) is 16.3 Å². The molecule has 0 radical (unpaired) electrons. The summed E-state index contributed by atoms with van der Waals surface area (Å²) >= 11 is 6.95. The number of rotatable bonds is 6. The van der Waals surface area contributed by atoms with Crippen LogP contribution in [0.4, 0.5) is 5.69 Å². The Balaban J connectivity index is 1.45. The van der Waals surface area contributed by atoms with Crippen molar-refractivity contribution in [3.8, 4) is 5.75 Å². The van der Waals surface area contributed by atoms with E-state index in [-0.39, 0.29) is 21.8 Å². The van der Waals surface area contributed by atoms with Gasteiger partial charge in [0.1, 0.15) is 5.75 Å². The Morgan fingerprint density at radius 2 is 1.79 bits per heavy atom. The molecule has 1 aromatic rings. The molecule has 4 saturated carbocycles. The van der Waals surface area contributed by atoms with Crippen molar-refractivity contribution in [3.63, 3.8) is 0 Å². The van der Waals surface area contributed by atoms with E-state index in [9.17, 15) is 13.2 Å². The molecule has 8 heteroatoms. The number of benzene rings is 1. The molecule has 5 fully saturated rings. The standard InChI is InChI=1S/C25H35ClN2O4S/c1-17(2)32-22-7-6-20(33(30,31)28-8-4-3-5-9-28)11-21(22)27-23(29)24-12-18-10-19(13-24)15-25(26,14-18)16-24/h6-7,11,17-19H,3-5,8-10,12-16H2,1-2H3,(H,27,29). The van der Waals surface area contributed by atoms with Crippen LogP contribution in [0.25, 0.3) is 0 Å². The quantitative estimate of drug-likeness (QED) is 0.554. The molecule has 5 aliphatic rings. The highest BCUT2D eigenvalue weighted by Gasteiger charge is 2.60. The van der Waals surface area contributed by atoms with Gasteiger partial charge in [0.05, 0.1) is 22.1 Å². The first-order chi connectivity index (χ1) is 15.6. The number of nitrogens with one attached hydrogen (secondary N) is 1. The molecule has 6 rings (SSSR count). The highest BCUT2D eigenvalue weighted by Crippen LogP contribution is 2.64. The molecule has 0 spiro atoms. The van der Waals surface area contributed by atoms with Crippen molar-refractivity contribution in [2.24, 2.45) is 17.3 Å². The van der Waals surface area contributed by atoms with Gasteiger partial charge in [-0.25, -0.2) is 8.42 Å². The first-order valence-electron chi connectivity index (χ1n) is 12.4. The van der Waals surface area contributed by atoms with Crippen LogP contribution in [0, 0.1) is 17.3 Å². The van der Waals surface area contributed by atoms with Crippen LogP contribution in [-0.2, 0) is 14.8 Å². The molecular weight excluding hydrogens is 460 g/mol. The van der Waals surface area contributed by atoms with Crippen LogP contribution in [0.2, 0.25) is 0 Å². The summed E-state index contributed by atoms with van der Waals surface area (Å²) in [6, 6.07) is 4.85. The largest absolute Gasteiger partial charge is 0.489 e. The maximum Gasteiger partial charge on any atom is 0.243 e. The average molecular weight is 495 g/mol. The second-order valence-corrected chi connectivity index (χ2v) is 13.9. The zero-order valence-corrected chi connectivity index (χ0v) is 21.2. The highest BCUT2D eigenvalue weighted by atomic mass is 35.5. The summed E-state index contributed by atoms with van der Waals surface area (Å²) in [5.74, 6) is 1.47. The van der Waals surface area contributed by atoms with E-state index in [1.54, 1.807) is 22.5 Å². The lowest BCUT2D eigenvalue weighted by molar-refractivity contribution is -0.138. The monoisotopic (exact) mass is 494 g/mol. The number of sulfonamides is 1. The maximum absolute atomic E-state index is 13.7. The molecule has 6 nitrogen and oxygen atoms in total. The lowest BCUT2D eigenvalue weighted by Crippen LogP contribution is -2.57. The van der Waals surface area contributed by atoms with Crippen molar-refractivity contribution in [1.29, 1.82) is 0 Å². The van der Waals surface area contributed by atoms with Crippen molar-refractivity contribution in [2.45, 2.75) is 87.5 Å². The molecule has 1 aliphatic heterocycles. The zero-order valence-electron chi connectivity index (χ0n) is 19.6. The van der Waals surface area contributed by atoms with Crippen LogP contribution in [0.5, 0.6) is 5.75 Å². The van der Waals surface area contributed by atoms with Crippen molar-refractivity contribution in [1.82, 2.24) is 4.31 Å². The Bertz CT molecular complexity index is 1020. The molecule has 4 aliphatic carbocycles. The molecule has 2 atom stereocenters. The van der Waals surface area contributed by atoms with E-state index in [2.05, 4.69) is 5.32 Å². The third kappa shape index (κ3) is 4.41. The first kappa shape index (κ1) is 23.4. The lowest BCUT2D eigenvalue weighted by Gasteiger charge is -2.59. The number of anilines is 1. The highest BCUT2D eigenvalue weighted by molar-refractivity contribution is 7.89. The normalized spacial score (nSPS) is 33.9. The number of ether oxygens (including phenoxy) is 1. The van der Waals surface area contributed by atoms with E-state index in [1.165, 1.54) is 6.42 Å². The summed E-state index contributed by atoms with van der Waals surface area (Å²) in [7, 11) is -3.61. The van der Waals surface area contributed by atoms with Gasteiger partial charge in [0.15, 0.2) is 0 Å². The van der Waals surface area contributed by atoms with Crippen molar-refractivity contribution in [2.75, 3.05) is 18.4 Å². The SMILES string of the molecule is CC(C)Oc1ccc(S(=O)(=O)N2CCCCC2)cc1NC(=O)C12CC3CC(CC(Cl)(C3)C1)C2. The number of hydrogen-bond acceptors (Lipinski definition) is 4. The minimum atomic E-state index is -3.61. The van der Waals surface area contributed by atoms with Crippen molar-refractivity contribution < 1.29 is 17.9 Å². The first-order valence-corrected chi connectivity index (χ1v) is 14.2. The molecule has 1 N–H and O–H groups in total. The second kappa shape index (κ2) is 8.42. The van der Waals surface area contributed by atoms with Gasteiger partial charge in [-0.15, -0.1) is 11.6 Å². The predicted octanol–water partition coefficient (Wildman–Crippen LogP) is 5.16. The fourth-order valence-electron chi connectivity index (χ4n) is 7.05. The Morgan fingerprint density at radius 1 is 1.12 bits per heavy atom. The van der Waals surface area contributed by atoms with E-state index in [1.807, 2.05) is 13.8 Å². The van der Waals surface area contributed by atoms with Gasteiger partial charge in [-0.05, 0) is 95.2 Å². The van der Waals surface area contributed by atoms with E-state index in [0.29, 0.717) is 42.8 Å². The third-order valence-electron chi connectivity index (χ3n) is 7.99. The van der Waals surface area contributed by atoms with Gasteiger partial charge in [0.25, 0.3) is 0 Å². The Hall–Kier alpha value is -1.31. The van der Waals surface area contributed by atoms with Crippen LogP contribution < -0.4 is 10.1 Å². The van der Waals surface area contributed by atoms with Crippen LogP contribution in [0.1, 0.15) is 71.6 Å². The molecule has 1 amide bonds. The molecule has 1 saturated heterocycles. The van der Waals surface area contributed by atoms with Gasteiger partial charge in [-0.3, -0.25) is 4.79 Å². The summed E-state index contributed by atoms with van der Waals surface area (Å²) in [6.45, 7) is 4.91. The van der Waals surface area contributed by atoms with Gasteiger partial charge < -0.3 is 10.1 Å². The van der Waals surface area contributed by atoms with Gasteiger partial charge >= 0.3 is 0 Å². The van der Waals surface area contributed by atoms with Crippen LogP contribution in [0.15, 0.2) is 23.1 Å². The zero-order chi connectivity index (χ0) is 23.4. The summed E-state index contributed by atoms with van der Waals surface area (Å²) in [4.78, 5) is 13.7. The molecule has 182 valence electrons. The Kier molecular flexibility index (Phi) is 5.98. The van der Waals surface area contributed by atoms with Gasteiger partial charge in [-0.1, -0.05) is 6.42 Å². The average Bonchev–Trinajstić information content (AvgIpc) is 2.73. The Morgan fingerprint density at radius 3 is 2.39 bits per heavy atom. The predicted molar refractivity (Wildman–Crippen MR) is 129 cm³/mol. The summed E-state index contributed by atoms with van der Waals surface area (Å²) < 4.78 is 34.1.